The number of aromatic amines is 1. The van der Waals surface area contributed by atoms with Crippen molar-refractivity contribution in [3.63, 3.8) is 0 Å². The summed E-state index contributed by atoms with van der Waals surface area (Å²) in [7, 11) is 3.99. The van der Waals surface area contributed by atoms with Gasteiger partial charge < -0.3 is 19.9 Å². The van der Waals surface area contributed by atoms with Crippen LogP contribution in [0.1, 0.15) is 34.5 Å². The van der Waals surface area contributed by atoms with Crippen molar-refractivity contribution >= 4 is 5.91 Å². The van der Waals surface area contributed by atoms with Crippen LogP contribution in [0.25, 0.3) is 0 Å². The summed E-state index contributed by atoms with van der Waals surface area (Å²) < 4.78 is 0. The fourth-order valence-corrected chi connectivity index (χ4v) is 3.99. The average molecular weight is 333 g/mol. The van der Waals surface area contributed by atoms with Gasteiger partial charge in [0.05, 0.1) is 0 Å². The zero-order chi connectivity index (χ0) is 17.3. The monoisotopic (exact) mass is 333 g/mol. The van der Waals surface area contributed by atoms with E-state index in [0.29, 0.717) is 13.1 Å². The standard InChI is InChI=1S/C18H27N3O3/c1-20(2)8-13-9-21(10-14(13)11-22)18(24)15-7-12-5-3-4-6-16(12)19-17(15)23/h7,13-14,22H,3-6,8-11H2,1-2H3,(H,19,23). The second kappa shape index (κ2) is 7.07. The SMILES string of the molecule is CN(C)CC1CN(C(=O)c2cc3c([nH]c2=O)CCCC3)CC1CO. The number of amides is 1. The Kier molecular flexibility index (Phi) is 5.06. The van der Waals surface area contributed by atoms with Gasteiger partial charge in [-0.2, -0.15) is 0 Å². The van der Waals surface area contributed by atoms with Crippen molar-refractivity contribution in [2.24, 2.45) is 11.8 Å². The quantitative estimate of drug-likeness (QED) is 0.841. The number of aliphatic hydroxyl groups excluding tert-OH is 1. The predicted molar refractivity (Wildman–Crippen MR) is 92.2 cm³/mol. The minimum Gasteiger partial charge on any atom is -0.396 e. The number of aliphatic hydroxyl groups is 1. The zero-order valence-corrected chi connectivity index (χ0v) is 14.5. The van der Waals surface area contributed by atoms with Crippen molar-refractivity contribution in [2.75, 3.05) is 40.3 Å². The lowest BCUT2D eigenvalue weighted by atomic mass is 9.95. The summed E-state index contributed by atoms with van der Waals surface area (Å²) in [6.45, 7) is 2.02. The van der Waals surface area contributed by atoms with Crippen molar-refractivity contribution < 1.29 is 9.90 Å². The van der Waals surface area contributed by atoms with E-state index in [2.05, 4.69) is 9.88 Å². The number of carbonyl (C=O) groups is 1. The molecule has 1 aromatic rings. The predicted octanol–water partition coefficient (Wildman–Crippen LogP) is 0.496. The lowest BCUT2D eigenvalue weighted by Crippen LogP contribution is -2.35. The Balaban J connectivity index is 1.81. The molecule has 1 aliphatic heterocycles. The van der Waals surface area contributed by atoms with E-state index in [-0.39, 0.29) is 35.5 Å². The van der Waals surface area contributed by atoms with Crippen molar-refractivity contribution in [1.82, 2.24) is 14.8 Å². The molecule has 132 valence electrons. The van der Waals surface area contributed by atoms with Gasteiger partial charge in [-0.15, -0.1) is 0 Å². The highest BCUT2D eigenvalue weighted by Crippen LogP contribution is 2.25. The molecule has 2 atom stereocenters. The number of rotatable bonds is 4. The number of carbonyl (C=O) groups excluding carboxylic acids is 1. The van der Waals surface area contributed by atoms with E-state index >= 15 is 0 Å². The molecule has 2 heterocycles. The van der Waals surface area contributed by atoms with Gasteiger partial charge in [0, 0.05) is 37.9 Å². The summed E-state index contributed by atoms with van der Waals surface area (Å²) in [6, 6.07) is 1.79. The van der Waals surface area contributed by atoms with Gasteiger partial charge in [0.15, 0.2) is 0 Å². The van der Waals surface area contributed by atoms with Gasteiger partial charge in [-0.1, -0.05) is 0 Å². The van der Waals surface area contributed by atoms with E-state index in [1.807, 2.05) is 14.1 Å². The molecule has 0 bridgehead atoms. The van der Waals surface area contributed by atoms with Crippen molar-refractivity contribution in [2.45, 2.75) is 25.7 Å². The first-order chi connectivity index (χ1) is 11.5. The molecular formula is C18H27N3O3. The normalized spacial score (nSPS) is 23.6. The molecule has 2 unspecified atom stereocenters. The average Bonchev–Trinajstić information content (AvgIpc) is 2.95. The number of pyridine rings is 1. The second-order valence-electron chi connectivity index (χ2n) is 7.40. The number of fused-ring (bicyclic) bond motifs is 1. The topological polar surface area (TPSA) is 76.6 Å². The molecule has 0 radical (unpaired) electrons. The lowest BCUT2D eigenvalue weighted by molar-refractivity contribution is 0.0777. The fraction of sp³-hybridized carbons (Fsp3) is 0.667. The summed E-state index contributed by atoms with van der Waals surface area (Å²) >= 11 is 0. The number of nitrogens with one attached hydrogen (secondary N) is 1. The smallest absolute Gasteiger partial charge is 0.261 e. The Morgan fingerprint density at radius 2 is 2.00 bits per heavy atom. The van der Waals surface area contributed by atoms with Crippen LogP contribution in [-0.2, 0) is 12.8 Å². The van der Waals surface area contributed by atoms with Gasteiger partial charge in [-0.25, -0.2) is 0 Å². The third-order valence-electron chi connectivity index (χ3n) is 5.27. The molecule has 2 aliphatic rings. The summed E-state index contributed by atoms with van der Waals surface area (Å²) in [5, 5.41) is 9.61. The van der Waals surface area contributed by atoms with Crippen molar-refractivity contribution in [1.29, 1.82) is 0 Å². The van der Waals surface area contributed by atoms with E-state index < -0.39 is 0 Å². The Hall–Kier alpha value is -1.66. The van der Waals surface area contributed by atoms with Crippen LogP contribution in [-0.4, -0.2) is 66.1 Å². The number of aryl methyl sites for hydroxylation is 2. The molecule has 1 fully saturated rings. The molecule has 2 N–H and O–H groups in total. The van der Waals surface area contributed by atoms with Crippen molar-refractivity contribution in [3.05, 3.63) is 33.2 Å². The number of likely N-dealkylation sites (tertiary alicyclic amines) is 1. The van der Waals surface area contributed by atoms with Crippen LogP contribution in [0.4, 0.5) is 0 Å². The molecule has 1 aliphatic carbocycles. The highest BCUT2D eigenvalue weighted by Gasteiger charge is 2.36. The van der Waals surface area contributed by atoms with Gasteiger partial charge in [0.2, 0.25) is 0 Å². The molecule has 6 heteroatoms. The van der Waals surface area contributed by atoms with E-state index in [1.165, 1.54) is 0 Å². The fourth-order valence-electron chi connectivity index (χ4n) is 3.99. The number of hydrogen-bond acceptors (Lipinski definition) is 4. The van der Waals surface area contributed by atoms with E-state index in [4.69, 9.17) is 0 Å². The number of nitrogens with zero attached hydrogens (tertiary/aromatic N) is 2. The first-order valence-electron chi connectivity index (χ1n) is 8.79. The Morgan fingerprint density at radius 3 is 2.71 bits per heavy atom. The van der Waals surface area contributed by atoms with Crippen LogP contribution in [0.5, 0.6) is 0 Å². The Labute approximate surface area is 142 Å². The zero-order valence-electron chi connectivity index (χ0n) is 14.5. The Morgan fingerprint density at radius 1 is 1.29 bits per heavy atom. The molecule has 6 nitrogen and oxygen atoms in total. The van der Waals surface area contributed by atoms with Crippen LogP contribution < -0.4 is 5.56 Å². The molecular weight excluding hydrogens is 306 g/mol. The van der Waals surface area contributed by atoms with E-state index in [9.17, 15) is 14.7 Å². The van der Waals surface area contributed by atoms with E-state index in [1.54, 1.807) is 11.0 Å². The molecule has 0 spiro atoms. The maximum atomic E-state index is 12.9. The second-order valence-corrected chi connectivity index (χ2v) is 7.40. The summed E-state index contributed by atoms with van der Waals surface area (Å²) in [5.74, 6) is 0.114. The van der Waals surface area contributed by atoms with Gasteiger partial charge in [0.25, 0.3) is 11.5 Å². The van der Waals surface area contributed by atoms with Crippen molar-refractivity contribution in [3.8, 4) is 0 Å². The van der Waals surface area contributed by atoms with Crippen LogP contribution in [0, 0.1) is 11.8 Å². The summed E-state index contributed by atoms with van der Waals surface area (Å²) in [4.78, 5) is 31.9. The minimum atomic E-state index is -0.280. The first-order valence-corrected chi connectivity index (χ1v) is 8.79. The summed E-state index contributed by atoms with van der Waals surface area (Å²) in [6.07, 6.45) is 4.01. The highest BCUT2D eigenvalue weighted by molar-refractivity contribution is 5.94. The lowest BCUT2D eigenvalue weighted by Gasteiger charge is -2.20. The van der Waals surface area contributed by atoms with Crippen LogP contribution >= 0.6 is 0 Å². The molecule has 0 aromatic carbocycles. The molecule has 0 saturated carbocycles. The number of hydrogen-bond donors (Lipinski definition) is 2. The first kappa shape index (κ1) is 17.2. The number of H-pyrrole nitrogens is 1. The van der Waals surface area contributed by atoms with Gasteiger partial charge >= 0.3 is 0 Å². The molecule has 1 saturated heterocycles. The molecule has 1 amide bonds. The van der Waals surface area contributed by atoms with Gasteiger partial charge in [0.1, 0.15) is 5.56 Å². The van der Waals surface area contributed by atoms with E-state index in [0.717, 1.165) is 43.5 Å². The van der Waals surface area contributed by atoms with Crippen LogP contribution in [0.2, 0.25) is 0 Å². The highest BCUT2D eigenvalue weighted by atomic mass is 16.3. The van der Waals surface area contributed by atoms with Crippen LogP contribution in [0.15, 0.2) is 10.9 Å². The summed E-state index contributed by atoms with van der Waals surface area (Å²) in [5.41, 5.74) is 2.06. The molecule has 24 heavy (non-hydrogen) atoms. The van der Waals surface area contributed by atoms with Crippen LogP contribution in [0.3, 0.4) is 0 Å². The molecule has 3 rings (SSSR count). The third-order valence-corrected chi connectivity index (χ3v) is 5.27. The largest absolute Gasteiger partial charge is 0.396 e. The minimum absolute atomic E-state index is 0.0723. The van der Waals surface area contributed by atoms with Gasteiger partial charge in [-0.05, 0) is 57.3 Å². The molecule has 1 aromatic heterocycles. The maximum Gasteiger partial charge on any atom is 0.261 e. The van der Waals surface area contributed by atoms with Gasteiger partial charge in [-0.3, -0.25) is 9.59 Å². The Bertz CT molecular complexity index is 668. The number of aromatic nitrogens is 1. The third kappa shape index (κ3) is 3.39. The maximum absolute atomic E-state index is 12.9.